The average Bonchev–Trinajstić information content (AvgIpc) is 3.45. The minimum Gasteiger partial charge on any atom is -0.445 e. The highest BCUT2D eigenvalue weighted by Gasteiger charge is 2.41. The number of alkyl carbamates (subject to hydrolysis) is 1. The summed E-state index contributed by atoms with van der Waals surface area (Å²) in [4.78, 5) is 76.2. The number of carbonyl (C=O) groups is 5. The van der Waals surface area contributed by atoms with Crippen molar-refractivity contribution in [1.29, 1.82) is 0 Å². The zero-order valence-electron chi connectivity index (χ0n) is 21.8. The molecule has 2 aromatic rings. The van der Waals surface area contributed by atoms with E-state index in [4.69, 9.17) is 10.5 Å². The first-order chi connectivity index (χ1) is 19.1. The van der Waals surface area contributed by atoms with Crippen LogP contribution in [0.25, 0.3) is 0 Å². The summed E-state index contributed by atoms with van der Waals surface area (Å²) >= 11 is 0. The zero-order valence-corrected chi connectivity index (χ0v) is 21.8. The molecule has 0 saturated carbocycles. The third-order valence-corrected chi connectivity index (χ3v) is 6.14. The predicted molar refractivity (Wildman–Crippen MR) is 142 cm³/mol. The van der Waals surface area contributed by atoms with Gasteiger partial charge in [0.1, 0.15) is 30.9 Å². The highest BCUT2D eigenvalue weighted by atomic mass is 16.6. The van der Waals surface area contributed by atoms with Crippen molar-refractivity contribution >= 4 is 41.1 Å². The molecule has 40 heavy (non-hydrogen) atoms. The quantitative estimate of drug-likeness (QED) is 0.282. The smallest absolute Gasteiger partial charge is 0.407 e. The molecule has 1 fully saturated rings. The summed E-state index contributed by atoms with van der Waals surface area (Å²) < 4.78 is 5.04. The third kappa shape index (κ3) is 7.38. The Morgan fingerprint density at radius 3 is 2.48 bits per heavy atom. The van der Waals surface area contributed by atoms with Crippen molar-refractivity contribution in [1.82, 2.24) is 15.5 Å². The van der Waals surface area contributed by atoms with Crippen LogP contribution in [0, 0.1) is 10.1 Å². The number of para-hydroxylation sites is 2. The van der Waals surface area contributed by atoms with Crippen LogP contribution in [0.15, 0.2) is 54.6 Å². The second-order valence-electron chi connectivity index (χ2n) is 8.91. The van der Waals surface area contributed by atoms with E-state index in [-0.39, 0.29) is 25.3 Å². The first kappa shape index (κ1) is 29.7. The number of anilines is 1. The van der Waals surface area contributed by atoms with Gasteiger partial charge in [0.2, 0.25) is 17.7 Å². The Balaban J connectivity index is 1.62. The number of hydrogen-bond acceptors (Lipinski definition) is 9. The molecule has 0 aromatic heterocycles. The van der Waals surface area contributed by atoms with E-state index in [1.165, 1.54) is 30.0 Å². The lowest BCUT2D eigenvalue weighted by Crippen LogP contribution is -2.55. The summed E-state index contributed by atoms with van der Waals surface area (Å²) in [6.45, 7) is 0.554. The maximum Gasteiger partial charge on any atom is 0.407 e. The number of nitrogens with zero attached hydrogens (tertiary/aromatic N) is 3. The number of imide groups is 1. The van der Waals surface area contributed by atoms with Crippen molar-refractivity contribution in [3.8, 4) is 0 Å². The molecule has 0 unspecified atom stereocenters. The second-order valence-corrected chi connectivity index (χ2v) is 8.91. The molecule has 1 saturated heterocycles. The predicted octanol–water partition coefficient (Wildman–Crippen LogP) is 0.835. The number of benzene rings is 2. The first-order valence-electron chi connectivity index (χ1n) is 12.5. The Labute approximate surface area is 229 Å². The topological polar surface area (TPSA) is 194 Å². The monoisotopic (exact) mass is 554 g/mol. The van der Waals surface area contributed by atoms with Crippen LogP contribution in [0.2, 0.25) is 0 Å². The van der Waals surface area contributed by atoms with E-state index in [9.17, 15) is 34.1 Å². The van der Waals surface area contributed by atoms with Gasteiger partial charge in [-0.05, 0) is 31.4 Å². The summed E-state index contributed by atoms with van der Waals surface area (Å²) in [5.41, 5.74) is 5.54. The number of likely N-dealkylation sites (tertiary alicyclic amines) is 1. The number of nitrogens with one attached hydrogen (secondary N) is 2. The summed E-state index contributed by atoms with van der Waals surface area (Å²) in [6.07, 6.45) is -0.184. The number of nitro benzene ring substituents is 1. The van der Waals surface area contributed by atoms with Crippen molar-refractivity contribution in [3.05, 3.63) is 70.3 Å². The molecule has 0 aliphatic carbocycles. The van der Waals surface area contributed by atoms with Gasteiger partial charge in [-0.3, -0.25) is 29.3 Å². The molecule has 0 radical (unpaired) electrons. The molecule has 1 aliphatic rings. The fourth-order valence-corrected chi connectivity index (χ4v) is 4.24. The second kappa shape index (κ2) is 13.8. The van der Waals surface area contributed by atoms with E-state index in [2.05, 4.69) is 10.6 Å². The van der Waals surface area contributed by atoms with Gasteiger partial charge >= 0.3 is 6.09 Å². The van der Waals surface area contributed by atoms with Crippen molar-refractivity contribution in [2.45, 2.75) is 38.5 Å². The van der Waals surface area contributed by atoms with Crippen molar-refractivity contribution in [3.63, 3.8) is 0 Å². The molecular weight excluding hydrogens is 524 g/mol. The lowest BCUT2D eigenvalue weighted by atomic mass is 10.1. The van der Waals surface area contributed by atoms with Crippen molar-refractivity contribution in [2.24, 2.45) is 5.73 Å². The van der Waals surface area contributed by atoms with Crippen LogP contribution >= 0.6 is 0 Å². The van der Waals surface area contributed by atoms with Gasteiger partial charge < -0.3 is 26.0 Å². The van der Waals surface area contributed by atoms with Gasteiger partial charge in [-0.1, -0.05) is 42.5 Å². The molecule has 212 valence electrons. The van der Waals surface area contributed by atoms with Crippen LogP contribution in [0.5, 0.6) is 0 Å². The number of carbonyl (C=O) groups excluding carboxylic acids is 5. The standard InChI is InChI=1S/C26H30N6O8/c1-17(29-22(33)15-28-26(37)40-16-18-8-3-2-4-9-18)24(35)30-13-7-12-21(30)25(36)31(23(34)14-27)19-10-5-6-11-20(19)32(38)39/h2-6,8-11,17,21H,7,12-16,27H2,1H3,(H,28,37)(H,29,33)/t17-,21-/m0/s1. The van der Waals surface area contributed by atoms with Crippen LogP contribution in [0.1, 0.15) is 25.3 Å². The minimum absolute atomic E-state index is 0.0172. The number of ether oxygens (including phenoxy) is 1. The lowest BCUT2D eigenvalue weighted by Gasteiger charge is -2.30. The third-order valence-electron chi connectivity index (χ3n) is 6.14. The molecule has 5 amide bonds. The van der Waals surface area contributed by atoms with Crippen LogP contribution < -0.4 is 21.3 Å². The maximum atomic E-state index is 13.5. The van der Waals surface area contributed by atoms with Gasteiger partial charge in [0.25, 0.3) is 11.6 Å². The van der Waals surface area contributed by atoms with Crippen LogP contribution in [-0.2, 0) is 30.5 Å². The fraction of sp³-hybridized carbons (Fsp3) is 0.346. The Kier molecular flexibility index (Phi) is 10.2. The van der Waals surface area contributed by atoms with Gasteiger partial charge in [0, 0.05) is 12.6 Å². The Morgan fingerprint density at radius 1 is 1.12 bits per heavy atom. The summed E-state index contributed by atoms with van der Waals surface area (Å²) in [6, 6.07) is 12.0. The summed E-state index contributed by atoms with van der Waals surface area (Å²) in [5.74, 6) is -2.97. The van der Waals surface area contributed by atoms with E-state index >= 15 is 0 Å². The molecular formula is C26H30N6O8. The largest absolute Gasteiger partial charge is 0.445 e. The molecule has 14 nitrogen and oxygen atoms in total. The summed E-state index contributed by atoms with van der Waals surface area (Å²) in [7, 11) is 0. The first-order valence-corrected chi connectivity index (χ1v) is 12.5. The number of rotatable bonds is 10. The molecule has 4 N–H and O–H groups in total. The number of amides is 5. The van der Waals surface area contributed by atoms with Crippen LogP contribution in [0.3, 0.4) is 0 Å². The van der Waals surface area contributed by atoms with E-state index in [0.717, 1.165) is 11.6 Å². The van der Waals surface area contributed by atoms with Crippen LogP contribution in [0.4, 0.5) is 16.2 Å². The molecule has 14 heteroatoms. The van der Waals surface area contributed by atoms with E-state index in [0.29, 0.717) is 11.3 Å². The molecule has 0 spiro atoms. The normalized spacial score (nSPS) is 15.1. The Hall–Kier alpha value is -4.85. The Morgan fingerprint density at radius 2 is 1.80 bits per heavy atom. The summed E-state index contributed by atoms with van der Waals surface area (Å²) in [5, 5.41) is 16.3. The average molecular weight is 555 g/mol. The van der Waals surface area contributed by atoms with E-state index in [1.54, 1.807) is 24.3 Å². The van der Waals surface area contributed by atoms with Crippen LogP contribution in [-0.4, -0.2) is 71.3 Å². The molecule has 1 heterocycles. The highest BCUT2D eigenvalue weighted by Crippen LogP contribution is 2.30. The van der Waals surface area contributed by atoms with E-state index in [1.807, 2.05) is 6.07 Å². The highest BCUT2D eigenvalue weighted by molar-refractivity contribution is 6.19. The SMILES string of the molecule is C[C@H](NC(=O)CNC(=O)OCc1ccccc1)C(=O)N1CCC[C@H]1C(=O)N(C(=O)CN)c1ccccc1[N+](=O)[O-]. The van der Waals surface area contributed by atoms with E-state index < -0.39 is 65.5 Å². The van der Waals surface area contributed by atoms with Gasteiger partial charge in [-0.15, -0.1) is 0 Å². The Bertz CT molecular complexity index is 1270. The molecule has 1 aliphatic heterocycles. The minimum atomic E-state index is -1.10. The van der Waals surface area contributed by atoms with Crippen molar-refractivity contribution < 1.29 is 33.6 Å². The van der Waals surface area contributed by atoms with Gasteiger partial charge in [0.05, 0.1) is 11.5 Å². The molecule has 3 rings (SSSR count). The molecule has 2 atom stereocenters. The number of nitrogens with two attached hydrogens (primary N) is 1. The zero-order chi connectivity index (χ0) is 29.2. The van der Waals surface area contributed by atoms with Gasteiger partial charge in [0.15, 0.2) is 0 Å². The number of hydrogen-bond donors (Lipinski definition) is 3. The number of nitro groups is 1. The fourth-order valence-electron chi connectivity index (χ4n) is 4.24. The van der Waals surface area contributed by atoms with Crippen molar-refractivity contribution in [2.75, 3.05) is 24.5 Å². The molecule has 2 aromatic carbocycles. The maximum absolute atomic E-state index is 13.5. The van der Waals surface area contributed by atoms with Gasteiger partial charge in [-0.2, -0.15) is 0 Å². The molecule has 0 bridgehead atoms. The lowest BCUT2D eigenvalue weighted by molar-refractivity contribution is -0.384. The van der Waals surface area contributed by atoms with Gasteiger partial charge in [-0.25, -0.2) is 9.69 Å².